The molecule has 1 aromatic carbocycles. The Hall–Kier alpha value is -2.91. The number of urea groups is 1. The molecule has 0 radical (unpaired) electrons. The maximum Gasteiger partial charge on any atom is 0.348 e. The molecule has 0 aliphatic rings. The first-order valence-corrected chi connectivity index (χ1v) is 10.0. The standard InChI is InChI=1S/C19H19ClN4O4S/c1-3-21-19(27)22-16(25)10-28-18(26)15-8-13-11(2)23-24(17(13)29-15)9-12-6-4-5-7-14(12)20/h4-8H,3,9-10H2,1-2H3,(H2,21,22,25,27). The van der Waals surface area contributed by atoms with Gasteiger partial charge in [-0.25, -0.2) is 9.59 Å². The van der Waals surface area contributed by atoms with Crippen molar-refractivity contribution < 1.29 is 19.1 Å². The molecule has 3 rings (SSSR count). The number of nitrogens with one attached hydrogen (secondary N) is 2. The summed E-state index contributed by atoms with van der Waals surface area (Å²) in [5, 5.41) is 10.5. The molecule has 0 aliphatic carbocycles. The maximum atomic E-state index is 12.3. The van der Waals surface area contributed by atoms with Gasteiger partial charge in [0.05, 0.1) is 12.2 Å². The number of carbonyl (C=O) groups excluding carboxylic acids is 3. The van der Waals surface area contributed by atoms with Crippen LogP contribution in [0.2, 0.25) is 5.02 Å². The number of rotatable bonds is 6. The van der Waals surface area contributed by atoms with Gasteiger partial charge in [-0.1, -0.05) is 29.8 Å². The van der Waals surface area contributed by atoms with Crippen molar-refractivity contribution in [2.45, 2.75) is 20.4 Å². The van der Waals surface area contributed by atoms with E-state index >= 15 is 0 Å². The number of hydrogen-bond acceptors (Lipinski definition) is 6. The molecule has 0 unspecified atom stereocenters. The van der Waals surface area contributed by atoms with Crippen molar-refractivity contribution in [1.29, 1.82) is 0 Å². The highest BCUT2D eigenvalue weighted by molar-refractivity contribution is 7.20. The van der Waals surface area contributed by atoms with E-state index in [0.29, 0.717) is 23.0 Å². The summed E-state index contributed by atoms with van der Waals surface area (Å²) in [4.78, 5) is 36.4. The predicted molar refractivity (Wildman–Crippen MR) is 110 cm³/mol. The van der Waals surface area contributed by atoms with Gasteiger partial charge in [-0.3, -0.25) is 14.8 Å². The number of carbonyl (C=O) groups is 3. The summed E-state index contributed by atoms with van der Waals surface area (Å²) in [5.41, 5.74) is 1.69. The number of nitrogens with zero attached hydrogens (tertiary/aromatic N) is 2. The lowest BCUT2D eigenvalue weighted by Gasteiger charge is -2.06. The summed E-state index contributed by atoms with van der Waals surface area (Å²) in [6.45, 7) is 3.88. The summed E-state index contributed by atoms with van der Waals surface area (Å²) in [6, 6.07) is 8.55. The average Bonchev–Trinajstić information content (AvgIpc) is 3.23. The average molecular weight is 435 g/mol. The van der Waals surface area contributed by atoms with Crippen LogP contribution in [0.15, 0.2) is 30.3 Å². The van der Waals surface area contributed by atoms with Gasteiger partial charge in [-0.05, 0) is 31.5 Å². The molecule has 0 aliphatic heterocycles. The fraction of sp³-hybridized carbons (Fsp3) is 0.263. The summed E-state index contributed by atoms with van der Waals surface area (Å²) in [5.74, 6) is -1.34. The van der Waals surface area contributed by atoms with E-state index in [1.54, 1.807) is 17.7 Å². The van der Waals surface area contributed by atoms with E-state index in [0.717, 1.165) is 21.5 Å². The Morgan fingerprint density at radius 3 is 2.76 bits per heavy atom. The van der Waals surface area contributed by atoms with Gasteiger partial charge in [0.2, 0.25) is 0 Å². The molecule has 10 heteroatoms. The topological polar surface area (TPSA) is 102 Å². The second-order valence-corrected chi connectivity index (χ2v) is 7.59. The van der Waals surface area contributed by atoms with Gasteiger partial charge in [-0.2, -0.15) is 5.10 Å². The van der Waals surface area contributed by atoms with Crippen molar-refractivity contribution in [3.05, 3.63) is 51.5 Å². The van der Waals surface area contributed by atoms with Crippen molar-refractivity contribution >= 4 is 51.1 Å². The van der Waals surface area contributed by atoms with Gasteiger partial charge < -0.3 is 10.1 Å². The molecule has 29 heavy (non-hydrogen) atoms. The third-order valence-corrected chi connectivity index (χ3v) is 5.51. The molecule has 2 heterocycles. The fourth-order valence-corrected chi connectivity index (χ4v) is 3.93. The number of aryl methyl sites for hydroxylation is 1. The SMILES string of the molecule is CCNC(=O)NC(=O)COC(=O)c1cc2c(C)nn(Cc3ccccc3Cl)c2s1. The number of imide groups is 1. The second kappa shape index (κ2) is 9.06. The number of aromatic nitrogens is 2. The summed E-state index contributed by atoms with van der Waals surface area (Å²) in [7, 11) is 0. The van der Waals surface area contributed by atoms with Crippen LogP contribution < -0.4 is 10.6 Å². The lowest BCUT2D eigenvalue weighted by Crippen LogP contribution is -2.41. The van der Waals surface area contributed by atoms with Crippen LogP contribution in [0.3, 0.4) is 0 Å². The zero-order valence-electron chi connectivity index (χ0n) is 15.8. The lowest BCUT2D eigenvalue weighted by atomic mass is 10.2. The largest absolute Gasteiger partial charge is 0.451 e. The first-order valence-electron chi connectivity index (χ1n) is 8.84. The van der Waals surface area contributed by atoms with Crippen LogP contribution >= 0.6 is 22.9 Å². The van der Waals surface area contributed by atoms with Crippen molar-refractivity contribution in [1.82, 2.24) is 20.4 Å². The molecule has 2 aromatic heterocycles. The quantitative estimate of drug-likeness (QED) is 0.580. The molecule has 0 bridgehead atoms. The van der Waals surface area contributed by atoms with Gasteiger partial charge in [0.25, 0.3) is 5.91 Å². The molecule has 2 N–H and O–H groups in total. The first kappa shape index (κ1) is 20.8. The third-order valence-electron chi connectivity index (χ3n) is 4.01. The van der Waals surface area contributed by atoms with Crippen LogP contribution in [0, 0.1) is 6.92 Å². The Kier molecular flexibility index (Phi) is 6.50. The minimum absolute atomic E-state index is 0.346. The number of esters is 1. The number of amides is 3. The van der Waals surface area contributed by atoms with E-state index in [2.05, 4.69) is 15.7 Å². The molecule has 3 amide bonds. The Balaban J connectivity index is 1.71. The van der Waals surface area contributed by atoms with E-state index in [4.69, 9.17) is 16.3 Å². The van der Waals surface area contributed by atoms with Gasteiger partial charge in [0.1, 0.15) is 9.71 Å². The van der Waals surface area contributed by atoms with Gasteiger partial charge in [-0.15, -0.1) is 11.3 Å². The Labute approximate surface area is 175 Å². The highest BCUT2D eigenvalue weighted by Crippen LogP contribution is 2.30. The van der Waals surface area contributed by atoms with Crippen LogP contribution in [-0.2, 0) is 16.1 Å². The molecule has 0 saturated heterocycles. The number of halogens is 1. The van der Waals surface area contributed by atoms with Crippen LogP contribution in [0.25, 0.3) is 10.2 Å². The molecule has 152 valence electrons. The Morgan fingerprint density at radius 1 is 1.28 bits per heavy atom. The highest BCUT2D eigenvalue weighted by Gasteiger charge is 2.19. The normalized spacial score (nSPS) is 10.7. The monoisotopic (exact) mass is 434 g/mol. The Bertz CT molecular complexity index is 1080. The van der Waals surface area contributed by atoms with Gasteiger partial charge in [0, 0.05) is 17.0 Å². The fourth-order valence-electron chi connectivity index (χ4n) is 2.68. The van der Waals surface area contributed by atoms with E-state index in [9.17, 15) is 14.4 Å². The van der Waals surface area contributed by atoms with E-state index < -0.39 is 24.5 Å². The van der Waals surface area contributed by atoms with E-state index in [1.165, 1.54) is 11.3 Å². The zero-order chi connectivity index (χ0) is 21.0. The first-order chi connectivity index (χ1) is 13.9. The smallest absolute Gasteiger partial charge is 0.348 e. The van der Waals surface area contributed by atoms with Gasteiger partial charge >= 0.3 is 12.0 Å². The molecular weight excluding hydrogens is 416 g/mol. The zero-order valence-corrected chi connectivity index (χ0v) is 17.4. The number of benzene rings is 1. The summed E-state index contributed by atoms with van der Waals surface area (Å²) >= 11 is 7.46. The molecule has 0 atom stereocenters. The molecule has 3 aromatic rings. The molecule has 8 nitrogen and oxygen atoms in total. The van der Waals surface area contributed by atoms with E-state index in [1.807, 2.05) is 31.2 Å². The highest BCUT2D eigenvalue weighted by atomic mass is 35.5. The van der Waals surface area contributed by atoms with E-state index in [-0.39, 0.29) is 0 Å². The number of fused-ring (bicyclic) bond motifs is 1. The third kappa shape index (κ3) is 4.93. The minimum Gasteiger partial charge on any atom is -0.451 e. The van der Waals surface area contributed by atoms with Gasteiger partial charge in [0.15, 0.2) is 6.61 Å². The maximum absolute atomic E-state index is 12.3. The summed E-state index contributed by atoms with van der Waals surface area (Å²) in [6.07, 6.45) is 0. The molecular formula is C19H19ClN4O4S. The number of ether oxygens (including phenoxy) is 1. The Morgan fingerprint density at radius 2 is 2.03 bits per heavy atom. The molecule has 0 spiro atoms. The van der Waals surface area contributed by atoms with Crippen LogP contribution in [-0.4, -0.2) is 40.8 Å². The predicted octanol–water partition coefficient (Wildman–Crippen LogP) is 3.11. The molecule has 0 saturated carbocycles. The van der Waals surface area contributed by atoms with Crippen molar-refractivity contribution in [3.8, 4) is 0 Å². The van der Waals surface area contributed by atoms with Crippen molar-refractivity contribution in [2.24, 2.45) is 0 Å². The lowest BCUT2D eigenvalue weighted by molar-refractivity contribution is -0.123. The summed E-state index contributed by atoms with van der Waals surface area (Å²) < 4.78 is 6.80. The van der Waals surface area contributed by atoms with Crippen molar-refractivity contribution in [2.75, 3.05) is 13.2 Å². The van der Waals surface area contributed by atoms with Crippen LogP contribution in [0.5, 0.6) is 0 Å². The van der Waals surface area contributed by atoms with Crippen LogP contribution in [0.1, 0.15) is 27.9 Å². The molecule has 0 fully saturated rings. The number of thiophene rings is 1. The second-order valence-electron chi connectivity index (χ2n) is 6.15. The van der Waals surface area contributed by atoms with Crippen molar-refractivity contribution in [3.63, 3.8) is 0 Å². The minimum atomic E-state index is -0.702. The van der Waals surface area contributed by atoms with Crippen LogP contribution in [0.4, 0.5) is 4.79 Å². The number of hydrogen-bond donors (Lipinski definition) is 2.